The Hall–Kier alpha value is -2.40. The molecule has 0 fully saturated rings. The molecule has 0 aliphatic rings. The highest BCUT2D eigenvalue weighted by molar-refractivity contribution is 6.29. The van der Waals surface area contributed by atoms with Gasteiger partial charge in [-0.15, -0.1) is 10.2 Å². The third kappa shape index (κ3) is 2.73. The van der Waals surface area contributed by atoms with Crippen molar-refractivity contribution in [3.63, 3.8) is 0 Å². The smallest absolute Gasteiger partial charge is 0.151 e. The summed E-state index contributed by atoms with van der Waals surface area (Å²) >= 11 is 5.76. The van der Waals surface area contributed by atoms with E-state index in [1.807, 2.05) is 42.0 Å². The van der Waals surface area contributed by atoms with Crippen LogP contribution in [0.2, 0.25) is 5.15 Å². The highest BCUT2D eigenvalue weighted by Crippen LogP contribution is 2.29. The third-order valence-electron chi connectivity index (χ3n) is 3.10. The summed E-state index contributed by atoms with van der Waals surface area (Å²) in [6, 6.07) is 9.38. The minimum atomic E-state index is 0.372. The van der Waals surface area contributed by atoms with Crippen LogP contribution >= 0.6 is 11.6 Å². The van der Waals surface area contributed by atoms with E-state index in [2.05, 4.69) is 15.2 Å². The lowest BCUT2D eigenvalue weighted by molar-refractivity contribution is 0.413. The fourth-order valence-corrected chi connectivity index (χ4v) is 2.17. The van der Waals surface area contributed by atoms with Gasteiger partial charge in [0.2, 0.25) is 0 Å². The molecule has 0 aliphatic heterocycles. The van der Waals surface area contributed by atoms with Crippen LogP contribution in [0.3, 0.4) is 0 Å². The number of aryl methyl sites for hydroxylation is 1. The van der Waals surface area contributed by atoms with E-state index in [1.54, 1.807) is 19.5 Å². The van der Waals surface area contributed by atoms with Crippen LogP contribution in [0.5, 0.6) is 5.75 Å². The summed E-state index contributed by atoms with van der Waals surface area (Å²) in [6.45, 7) is 1.95. The van der Waals surface area contributed by atoms with Gasteiger partial charge in [-0.3, -0.25) is 0 Å². The number of hydrogen-bond donors (Lipinski definition) is 0. The summed E-state index contributed by atoms with van der Waals surface area (Å²) in [6.07, 6.45) is 3.70. The molecule has 0 bridgehead atoms. The Balaban J connectivity index is 2.04. The summed E-state index contributed by atoms with van der Waals surface area (Å²) in [5, 5.41) is 8.30. The molecule has 5 nitrogen and oxygen atoms in total. The number of benzene rings is 1. The predicted octanol–water partition coefficient (Wildman–Crippen LogP) is 3.30. The largest absolute Gasteiger partial charge is 0.495 e. The number of methoxy groups -OCH3 is 1. The molecule has 3 rings (SSSR count). The van der Waals surface area contributed by atoms with Crippen molar-refractivity contribution in [3.05, 3.63) is 53.7 Å². The van der Waals surface area contributed by atoms with E-state index in [0.717, 1.165) is 28.4 Å². The normalized spacial score (nSPS) is 10.6. The zero-order chi connectivity index (χ0) is 14.8. The van der Waals surface area contributed by atoms with Crippen LogP contribution in [0.25, 0.3) is 16.9 Å². The first-order valence-corrected chi connectivity index (χ1v) is 6.74. The van der Waals surface area contributed by atoms with Crippen molar-refractivity contribution >= 4 is 11.6 Å². The lowest BCUT2D eigenvalue weighted by Crippen LogP contribution is -1.96. The summed E-state index contributed by atoms with van der Waals surface area (Å²) in [7, 11) is 1.64. The van der Waals surface area contributed by atoms with Gasteiger partial charge in [0, 0.05) is 11.8 Å². The molecule has 0 atom stereocenters. The van der Waals surface area contributed by atoms with Gasteiger partial charge in [0.25, 0.3) is 0 Å². The van der Waals surface area contributed by atoms with Crippen LogP contribution in [0.1, 0.15) is 5.69 Å². The second-order valence-corrected chi connectivity index (χ2v) is 4.94. The Morgan fingerprint density at radius 1 is 1.14 bits per heavy atom. The van der Waals surface area contributed by atoms with E-state index in [-0.39, 0.29) is 0 Å². The summed E-state index contributed by atoms with van der Waals surface area (Å²) in [4.78, 5) is 4.23. The molecule has 2 heterocycles. The molecule has 21 heavy (non-hydrogen) atoms. The first-order valence-electron chi connectivity index (χ1n) is 6.36. The van der Waals surface area contributed by atoms with E-state index in [0.29, 0.717) is 5.15 Å². The highest BCUT2D eigenvalue weighted by Gasteiger charge is 2.09. The van der Waals surface area contributed by atoms with E-state index < -0.39 is 0 Å². The standard InChI is InChI=1S/C15H13ClN4O/c1-10-8-20(9-17-10)13-5-3-11(7-14(13)21-2)12-4-6-15(16)19-18-12/h3-9H,1-2H3. The number of halogens is 1. The van der Waals surface area contributed by atoms with Crippen LogP contribution in [0.15, 0.2) is 42.9 Å². The van der Waals surface area contributed by atoms with Gasteiger partial charge in [0.1, 0.15) is 5.75 Å². The van der Waals surface area contributed by atoms with Gasteiger partial charge in [-0.2, -0.15) is 0 Å². The second kappa shape index (κ2) is 5.54. The SMILES string of the molecule is COc1cc(-c2ccc(Cl)nn2)ccc1-n1cnc(C)c1. The van der Waals surface area contributed by atoms with Crippen molar-refractivity contribution < 1.29 is 4.74 Å². The predicted molar refractivity (Wildman–Crippen MR) is 80.9 cm³/mol. The van der Waals surface area contributed by atoms with E-state index in [4.69, 9.17) is 16.3 Å². The minimum absolute atomic E-state index is 0.372. The third-order valence-corrected chi connectivity index (χ3v) is 3.30. The molecule has 0 radical (unpaired) electrons. The first kappa shape index (κ1) is 13.6. The second-order valence-electron chi connectivity index (χ2n) is 4.55. The number of rotatable bonds is 3. The van der Waals surface area contributed by atoms with Crippen LogP contribution in [0.4, 0.5) is 0 Å². The van der Waals surface area contributed by atoms with Gasteiger partial charge in [0.05, 0.1) is 30.5 Å². The van der Waals surface area contributed by atoms with Crippen molar-refractivity contribution in [2.45, 2.75) is 6.92 Å². The van der Waals surface area contributed by atoms with Crippen LogP contribution in [0, 0.1) is 6.92 Å². The molecule has 0 N–H and O–H groups in total. The van der Waals surface area contributed by atoms with Gasteiger partial charge in [-0.05, 0) is 31.2 Å². The van der Waals surface area contributed by atoms with Crippen molar-refractivity contribution in [3.8, 4) is 22.7 Å². The molecular weight excluding hydrogens is 288 g/mol. The number of hydrogen-bond acceptors (Lipinski definition) is 4. The molecule has 0 spiro atoms. The lowest BCUT2D eigenvalue weighted by atomic mass is 10.1. The van der Waals surface area contributed by atoms with Gasteiger partial charge < -0.3 is 9.30 Å². The van der Waals surface area contributed by atoms with E-state index in [9.17, 15) is 0 Å². The monoisotopic (exact) mass is 300 g/mol. The molecule has 0 amide bonds. The Labute approximate surface area is 127 Å². The van der Waals surface area contributed by atoms with E-state index >= 15 is 0 Å². The molecule has 1 aromatic carbocycles. The van der Waals surface area contributed by atoms with Gasteiger partial charge >= 0.3 is 0 Å². The zero-order valence-corrected chi connectivity index (χ0v) is 12.4. The van der Waals surface area contributed by atoms with Crippen molar-refractivity contribution in [2.75, 3.05) is 7.11 Å². The number of aromatic nitrogens is 4. The quantitative estimate of drug-likeness (QED) is 0.745. The summed E-state index contributed by atoms with van der Waals surface area (Å²) in [5.41, 5.74) is 3.52. The molecule has 0 saturated carbocycles. The van der Waals surface area contributed by atoms with Gasteiger partial charge in [-0.1, -0.05) is 17.7 Å². The Morgan fingerprint density at radius 2 is 2.00 bits per heavy atom. The Bertz CT molecular complexity index is 768. The maximum Gasteiger partial charge on any atom is 0.151 e. The van der Waals surface area contributed by atoms with E-state index in [1.165, 1.54) is 0 Å². The average molecular weight is 301 g/mol. The summed E-state index contributed by atoms with van der Waals surface area (Å²) in [5.74, 6) is 0.738. The fourth-order valence-electron chi connectivity index (χ4n) is 2.07. The van der Waals surface area contributed by atoms with Crippen LogP contribution in [-0.2, 0) is 0 Å². The van der Waals surface area contributed by atoms with Crippen molar-refractivity contribution in [1.82, 2.24) is 19.7 Å². The maximum absolute atomic E-state index is 5.76. The van der Waals surface area contributed by atoms with Crippen LogP contribution < -0.4 is 4.74 Å². The molecule has 2 aromatic heterocycles. The zero-order valence-electron chi connectivity index (χ0n) is 11.6. The topological polar surface area (TPSA) is 52.8 Å². The first-order chi connectivity index (χ1) is 10.2. The van der Waals surface area contributed by atoms with Crippen LogP contribution in [-0.4, -0.2) is 26.9 Å². The molecule has 0 aliphatic carbocycles. The van der Waals surface area contributed by atoms with Crippen molar-refractivity contribution in [2.24, 2.45) is 0 Å². The number of nitrogens with zero attached hydrogens (tertiary/aromatic N) is 4. The maximum atomic E-state index is 5.76. The number of ether oxygens (including phenoxy) is 1. The molecule has 0 unspecified atom stereocenters. The molecule has 6 heteroatoms. The lowest BCUT2D eigenvalue weighted by Gasteiger charge is -2.11. The molecular formula is C15H13ClN4O. The molecule has 106 valence electrons. The minimum Gasteiger partial charge on any atom is -0.495 e. The molecule has 0 saturated heterocycles. The van der Waals surface area contributed by atoms with Gasteiger partial charge in [-0.25, -0.2) is 4.98 Å². The van der Waals surface area contributed by atoms with Crippen molar-refractivity contribution in [1.29, 1.82) is 0 Å². The summed E-state index contributed by atoms with van der Waals surface area (Å²) < 4.78 is 7.39. The number of imidazole rings is 1. The fraction of sp³-hybridized carbons (Fsp3) is 0.133. The van der Waals surface area contributed by atoms with Gasteiger partial charge in [0.15, 0.2) is 5.15 Å². The highest BCUT2D eigenvalue weighted by atomic mass is 35.5. The molecule has 3 aromatic rings. The Kier molecular flexibility index (Phi) is 3.58. The Morgan fingerprint density at radius 3 is 2.62 bits per heavy atom. The average Bonchev–Trinajstić information content (AvgIpc) is 2.94.